The summed E-state index contributed by atoms with van der Waals surface area (Å²) in [5, 5.41) is 17.6. The summed E-state index contributed by atoms with van der Waals surface area (Å²) in [6.07, 6.45) is 0. The molecule has 0 radical (unpaired) electrons. The molecule has 0 aliphatic carbocycles. The summed E-state index contributed by atoms with van der Waals surface area (Å²) in [5.41, 5.74) is 1.57. The number of nitrogens with zero attached hydrogens (tertiary/aromatic N) is 3. The van der Waals surface area contributed by atoms with Gasteiger partial charge in [-0.2, -0.15) is 5.10 Å². The molecule has 0 fully saturated rings. The van der Waals surface area contributed by atoms with Crippen molar-refractivity contribution in [3.8, 4) is 0 Å². The highest BCUT2D eigenvalue weighted by Gasteiger charge is 2.13. The molecule has 0 atom stereocenters. The average molecular weight is 364 g/mol. The van der Waals surface area contributed by atoms with E-state index in [1.165, 1.54) is 35.0 Å². The Balaban J connectivity index is 1.82. The Hall–Kier alpha value is -3.81. The topological polar surface area (TPSA) is 107 Å². The summed E-state index contributed by atoms with van der Waals surface area (Å²) in [4.78, 5) is 34.8. The minimum Gasteiger partial charge on any atom is -0.320 e. The zero-order chi connectivity index (χ0) is 19.4. The first-order valence-corrected chi connectivity index (χ1v) is 8.12. The summed E-state index contributed by atoms with van der Waals surface area (Å²) in [5.74, 6) is -0.506. The lowest BCUT2D eigenvalue weighted by molar-refractivity contribution is -0.384. The van der Waals surface area contributed by atoms with Gasteiger partial charge in [0.05, 0.1) is 11.5 Å². The van der Waals surface area contributed by atoms with E-state index in [1.807, 2.05) is 30.3 Å². The molecule has 0 aliphatic heterocycles. The van der Waals surface area contributed by atoms with Gasteiger partial charge in [-0.15, -0.1) is 0 Å². The molecule has 0 saturated carbocycles. The first-order chi connectivity index (χ1) is 12.9. The molecule has 27 heavy (non-hydrogen) atoms. The smallest absolute Gasteiger partial charge is 0.276 e. The van der Waals surface area contributed by atoms with Crippen LogP contribution in [-0.4, -0.2) is 20.6 Å². The van der Waals surface area contributed by atoms with Crippen molar-refractivity contribution >= 4 is 17.3 Å². The molecular weight excluding hydrogens is 348 g/mol. The fourth-order valence-corrected chi connectivity index (χ4v) is 2.53. The SMILES string of the molecule is Cc1cc([N+](=O)[O-])ccc1NC(=O)c1ccc(=O)n(Cc2ccccc2)n1. The first-order valence-electron chi connectivity index (χ1n) is 8.12. The number of nitrogens with one attached hydrogen (secondary N) is 1. The number of carbonyl (C=O) groups is 1. The van der Waals surface area contributed by atoms with Gasteiger partial charge in [-0.1, -0.05) is 30.3 Å². The van der Waals surface area contributed by atoms with Crippen molar-refractivity contribution in [3.05, 3.63) is 98.0 Å². The van der Waals surface area contributed by atoms with Crippen molar-refractivity contribution in [2.24, 2.45) is 0 Å². The maximum atomic E-state index is 12.5. The van der Waals surface area contributed by atoms with E-state index >= 15 is 0 Å². The number of aromatic nitrogens is 2. The molecule has 0 bridgehead atoms. The zero-order valence-corrected chi connectivity index (χ0v) is 14.5. The predicted octanol–water partition coefficient (Wildman–Crippen LogP) is 2.76. The van der Waals surface area contributed by atoms with Crippen LogP contribution in [0.4, 0.5) is 11.4 Å². The number of nitro groups is 1. The minimum atomic E-state index is -0.506. The molecule has 136 valence electrons. The van der Waals surface area contributed by atoms with Gasteiger partial charge in [0.15, 0.2) is 0 Å². The van der Waals surface area contributed by atoms with Crippen LogP contribution < -0.4 is 10.9 Å². The summed E-state index contributed by atoms with van der Waals surface area (Å²) in [6.45, 7) is 1.91. The number of anilines is 1. The molecule has 3 aromatic rings. The van der Waals surface area contributed by atoms with Gasteiger partial charge in [0.25, 0.3) is 17.2 Å². The number of carbonyl (C=O) groups excluding carboxylic acids is 1. The Bertz CT molecular complexity index is 1060. The largest absolute Gasteiger partial charge is 0.320 e. The third-order valence-electron chi connectivity index (χ3n) is 3.94. The highest BCUT2D eigenvalue weighted by molar-refractivity contribution is 6.03. The van der Waals surface area contributed by atoms with Gasteiger partial charge in [0.1, 0.15) is 5.69 Å². The standard InChI is InChI=1S/C19H16N4O4/c1-13-11-15(23(26)27)7-8-16(13)20-19(25)17-9-10-18(24)22(21-17)12-14-5-3-2-4-6-14/h2-11H,12H2,1H3,(H,20,25). The first kappa shape index (κ1) is 18.0. The summed E-state index contributed by atoms with van der Waals surface area (Å²) >= 11 is 0. The second-order valence-electron chi connectivity index (χ2n) is 5.91. The van der Waals surface area contributed by atoms with Gasteiger partial charge < -0.3 is 5.32 Å². The summed E-state index contributed by atoms with van der Waals surface area (Å²) in [7, 11) is 0. The number of amides is 1. The molecule has 8 nitrogen and oxygen atoms in total. The lowest BCUT2D eigenvalue weighted by Crippen LogP contribution is -2.26. The maximum Gasteiger partial charge on any atom is 0.276 e. The molecule has 2 aromatic carbocycles. The number of hydrogen-bond donors (Lipinski definition) is 1. The van der Waals surface area contributed by atoms with Crippen LogP contribution >= 0.6 is 0 Å². The fourth-order valence-electron chi connectivity index (χ4n) is 2.53. The van der Waals surface area contributed by atoms with Crippen molar-refractivity contribution in [1.82, 2.24) is 9.78 Å². The van der Waals surface area contributed by atoms with Crippen molar-refractivity contribution in [2.45, 2.75) is 13.5 Å². The molecule has 0 aliphatic rings. The minimum absolute atomic E-state index is 0.0555. The lowest BCUT2D eigenvalue weighted by Gasteiger charge is -2.09. The molecule has 0 spiro atoms. The molecule has 8 heteroatoms. The maximum absolute atomic E-state index is 12.5. The summed E-state index contributed by atoms with van der Waals surface area (Å²) in [6, 6.07) is 16.1. The van der Waals surface area contributed by atoms with Crippen LogP contribution in [0.2, 0.25) is 0 Å². The zero-order valence-electron chi connectivity index (χ0n) is 14.5. The van der Waals surface area contributed by atoms with Gasteiger partial charge in [-0.25, -0.2) is 4.68 Å². The van der Waals surface area contributed by atoms with Crippen LogP contribution in [0.5, 0.6) is 0 Å². The molecule has 0 unspecified atom stereocenters. The van der Waals surface area contributed by atoms with Crippen LogP contribution in [0.1, 0.15) is 21.6 Å². The van der Waals surface area contributed by atoms with Gasteiger partial charge in [-0.05, 0) is 30.2 Å². The summed E-state index contributed by atoms with van der Waals surface area (Å²) < 4.78 is 1.22. The van der Waals surface area contributed by atoms with Gasteiger partial charge in [0, 0.05) is 23.9 Å². The van der Waals surface area contributed by atoms with E-state index in [4.69, 9.17) is 0 Å². The van der Waals surface area contributed by atoms with Gasteiger partial charge in [-0.3, -0.25) is 19.7 Å². The monoisotopic (exact) mass is 364 g/mol. The van der Waals surface area contributed by atoms with E-state index in [0.717, 1.165) is 5.56 Å². The second kappa shape index (κ2) is 7.61. The Morgan fingerprint density at radius 2 is 1.89 bits per heavy atom. The fraction of sp³-hybridized carbons (Fsp3) is 0.105. The van der Waals surface area contributed by atoms with Crippen molar-refractivity contribution in [1.29, 1.82) is 0 Å². The number of benzene rings is 2. The molecule has 1 N–H and O–H groups in total. The molecule has 3 rings (SSSR count). The normalized spacial score (nSPS) is 10.4. The van der Waals surface area contributed by atoms with E-state index in [9.17, 15) is 19.7 Å². The molecule has 0 saturated heterocycles. The van der Waals surface area contributed by atoms with Gasteiger partial charge in [0.2, 0.25) is 0 Å². The van der Waals surface area contributed by atoms with Crippen LogP contribution in [0.25, 0.3) is 0 Å². The van der Waals surface area contributed by atoms with E-state index in [-0.39, 0.29) is 23.5 Å². The van der Waals surface area contributed by atoms with Crippen molar-refractivity contribution in [2.75, 3.05) is 5.32 Å². The number of aryl methyl sites for hydroxylation is 1. The van der Waals surface area contributed by atoms with E-state index < -0.39 is 10.8 Å². The third kappa shape index (κ3) is 4.24. The van der Waals surface area contributed by atoms with E-state index in [1.54, 1.807) is 6.92 Å². The lowest BCUT2D eigenvalue weighted by atomic mass is 10.1. The highest BCUT2D eigenvalue weighted by Crippen LogP contribution is 2.21. The number of nitro benzene ring substituents is 1. The van der Waals surface area contributed by atoms with Crippen LogP contribution in [0.15, 0.2) is 65.5 Å². The number of non-ortho nitro benzene ring substituents is 1. The second-order valence-corrected chi connectivity index (χ2v) is 5.91. The molecular formula is C19H16N4O4. The number of hydrogen-bond acceptors (Lipinski definition) is 5. The Morgan fingerprint density at radius 3 is 2.56 bits per heavy atom. The molecule has 1 heterocycles. The Kier molecular flexibility index (Phi) is 5.07. The third-order valence-corrected chi connectivity index (χ3v) is 3.94. The highest BCUT2D eigenvalue weighted by atomic mass is 16.6. The van der Waals surface area contributed by atoms with Crippen molar-refractivity contribution in [3.63, 3.8) is 0 Å². The Morgan fingerprint density at radius 1 is 1.15 bits per heavy atom. The predicted molar refractivity (Wildman–Crippen MR) is 99.8 cm³/mol. The number of rotatable bonds is 5. The van der Waals surface area contributed by atoms with Crippen LogP contribution in [0.3, 0.4) is 0 Å². The van der Waals surface area contributed by atoms with E-state index in [0.29, 0.717) is 11.3 Å². The van der Waals surface area contributed by atoms with Crippen molar-refractivity contribution < 1.29 is 9.72 Å². The van der Waals surface area contributed by atoms with Crippen LogP contribution in [0, 0.1) is 17.0 Å². The molecule has 1 amide bonds. The van der Waals surface area contributed by atoms with Gasteiger partial charge >= 0.3 is 0 Å². The quantitative estimate of drug-likeness (QED) is 0.553. The van der Waals surface area contributed by atoms with Crippen LogP contribution in [-0.2, 0) is 6.54 Å². The Labute approximate surface area is 154 Å². The molecule has 1 aromatic heterocycles. The van der Waals surface area contributed by atoms with E-state index in [2.05, 4.69) is 10.4 Å². The average Bonchev–Trinajstić information content (AvgIpc) is 2.65.